The highest BCUT2D eigenvalue weighted by molar-refractivity contribution is 6.12. The zero-order chi connectivity index (χ0) is 32.9. The molecule has 0 atom stereocenters. The standard InChI is InChI=1S/C34H34N4O5.CH5N/c1-21(2)19-37-32(39)24-14-17-26(28(18-24)34(41)42-3)30-27(33(40)38-25-15-12-23(13-16-25)31(35)36)10-7-11-29(30)43-20-22-8-5-4-6-9-22;1-2/h4-18,21H,19-20H2,1-3H3,(H3,35,36)(H,37,39)(H,38,40);2H2,1H3. The Balaban J connectivity index is 0.00000271. The predicted octanol–water partition coefficient (Wildman–Crippen LogP) is 5.22. The van der Waals surface area contributed by atoms with Gasteiger partial charge < -0.3 is 31.6 Å². The van der Waals surface area contributed by atoms with Gasteiger partial charge in [0.05, 0.1) is 18.2 Å². The molecule has 0 aliphatic carbocycles. The number of nitrogens with one attached hydrogen (secondary N) is 3. The molecule has 0 aromatic heterocycles. The fourth-order valence-corrected chi connectivity index (χ4v) is 4.37. The van der Waals surface area contributed by atoms with E-state index in [-0.39, 0.29) is 41.0 Å². The second kappa shape index (κ2) is 16.4. The summed E-state index contributed by atoms with van der Waals surface area (Å²) in [5.41, 5.74) is 13.3. The molecule has 4 aromatic carbocycles. The number of methoxy groups -OCH3 is 1. The molecule has 0 spiro atoms. The lowest BCUT2D eigenvalue weighted by molar-refractivity contribution is 0.0601. The van der Waals surface area contributed by atoms with Crippen LogP contribution >= 0.6 is 0 Å². The number of carbonyl (C=O) groups is 3. The molecule has 0 aliphatic rings. The van der Waals surface area contributed by atoms with Crippen LogP contribution in [0.2, 0.25) is 0 Å². The van der Waals surface area contributed by atoms with E-state index in [2.05, 4.69) is 16.4 Å². The molecule has 45 heavy (non-hydrogen) atoms. The summed E-state index contributed by atoms with van der Waals surface area (Å²) in [7, 11) is 2.76. The number of anilines is 1. The van der Waals surface area contributed by atoms with Crippen molar-refractivity contribution in [3.63, 3.8) is 0 Å². The van der Waals surface area contributed by atoms with E-state index in [1.807, 2.05) is 44.2 Å². The highest BCUT2D eigenvalue weighted by atomic mass is 16.5. The van der Waals surface area contributed by atoms with E-state index in [0.717, 1.165) is 5.56 Å². The van der Waals surface area contributed by atoms with Crippen molar-refractivity contribution in [1.82, 2.24) is 5.32 Å². The molecule has 4 rings (SSSR count). The van der Waals surface area contributed by atoms with Gasteiger partial charge in [-0.05, 0) is 67.1 Å². The molecule has 0 saturated heterocycles. The van der Waals surface area contributed by atoms with Crippen molar-refractivity contribution < 1.29 is 23.9 Å². The molecule has 10 nitrogen and oxygen atoms in total. The van der Waals surface area contributed by atoms with E-state index >= 15 is 0 Å². The second-order valence-electron chi connectivity index (χ2n) is 10.3. The molecular formula is C35H39N5O5. The molecule has 234 valence electrons. The van der Waals surface area contributed by atoms with Crippen molar-refractivity contribution in [3.05, 3.63) is 119 Å². The maximum absolute atomic E-state index is 13.7. The molecule has 7 N–H and O–H groups in total. The first-order valence-corrected chi connectivity index (χ1v) is 14.3. The Hall–Kier alpha value is -5.48. The SMILES string of the molecule is CN.COC(=O)c1cc(C(=O)NCC(C)C)ccc1-c1c(OCc2ccccc2)cccc1C(=O)Nc1ccc(C(=N)N)cc1. The van der Waals surface area contributed by atoms with Crippen LogP contribution in [0.25, 0.3) is 11.1 Å². The van der Waals surface area contributed by atoms with Gasteiger partial charge in [0, 0.05) is 34.5 Å². The molecule has 4 aromatic rings. The molecule has 0 aliphatic heterocycles. The van der Waals surface area contributed by atoms with Crippen molar-refractivity contribution in [1.29, 1.82) is 5.41 Å². The lowest BCUT2D eigenvalue weighted by Gasteiger charge is -2.19. The maximum atomic E-state index is 13.7. The Labute approximate surface area is 263 Å². The van der Waals surface area contributed by atoms with E-state index < -0.39 is 11.9 Å². The van der Waals surface area contributed by atoms with E-state index in [4.69, 9.17) is 20.6 Å². The number of amides is 2. The normalized spacial score (nSPS) is 10.3. The van der Waals surface area contributed by atoms with Gasteiger partial charge in [0.2, 0.25) is 0 Å². The Morgan fingerprint density at radius 1 is 0.822 bits per heavy atom. The first kappa shape index (κ1) is 34.0. The number of hydrogen-bond acceptors (Lipinski definition) is 7. The molecule has 0 heterocycles. The average molecular weight is 610 g/mol. The van der Waals surface area contributed by atoms with E-state index in [0.29, 0.717) is 34.7 Å². The lowest BCUT2D eigenvalue weighted by atomic mass is 9.92. The third kappa shape index (κ3) is 9.01. The zero-order valence-electron chi connectivity index (χ0n) is 25.8. The van der Waals surface area contributed by atoms with Crippen molar-refractivity contribution in [2.45, 2.75) is 20.5 Å². The Kier molecular flexibility index (Phi) is 12.4. The lowest BCUT2D eigenvalue weighted by Crippen LogP contribution is -2.27. The first-order chi connectivity index (χ1) is 21.7. The number of carbonyl (C=O) groups excluding carboxylic acids is 3. The van der Waals surface area contributed by atoms with Gasteiger partial charge in [0.25, 0.3) is 11.8 Å². The number of benzene rings is 4. The van der Waals surface area contributed by atoms with Gasteiger partial charge in [-0.1, -0.05) is 56.3 Å². The summed E-state index contributed by atoms with van der Waals surface area (Å²) in [5.74, 6) is -0.920. The molecule has 0 fully saturated rings. The summed E-state index contributed by atoms with van der Waals surface area (Å²) in [4.78, 5) is 39.6. The minimum Gasteiger partial charge on any atom is -0.488 e. The van der Waals surface area contributed by atoms with Gasteiger partial charge in [0.1, 0.15) is 18.2 Å². The Morgan fingerprint density at radius 2 is 1.49 bits per heavy atom. The quantitative estimate of drug-likeness (QED) is 0.0882. The molecule has 0 radical (unpaired) electrons. The third-order valence-corrected chi connectivity index (χ3v) is 6.59. The number of esters is 1. The van der Waals surface area contributed by atoms with Crippen LogP contribution in [0, 0.1) is 11.3 Å². The zero-order valence-corrected chi connectivity index (χ0v) is 25.8. The molecule has 0 bridgehead atoms. The molecule has 0 unspecified atom stereocenters. The largest absolute Gasteiger partial charge is 0.488 e. The first-order valence-electron chi connectivity index (χ1n) is 14.3. The van der Waals surface area contributed by atoms with Crippen LogP contribution in [-0.4, -0.2) is 44.3 Å². The molecule has 0 saturated carbocycles. The minimum atomic E-state index is -0.669. The van der Waals surface area contributed by atoms with Crippen LogP contribution in [0.3, 0.4) is 0 Å². The van der Waals surface area contributed by atoms with Gasteiger partial charge in [-0.15, -0.1) is 0 Å². The summed E-state index contributed by atoms with van der Waals surface area (Å²) < 4.78 is 11.3. The predicted molar refractivity (Wildman–Crippen MR) is 177 cm³/mol. The molecule has 2 amide bonds. The number of nitrogens with two attached hydrogens (primary N) is 2. The van der Waals surface area contributed by atoms with Crippen LogP contribution in [0.1, 0.15) is 56.0 Å². The van der Waals surface area contributed by atoms with Gasteiger partial charge in [-0.3, -0.25) is 15.0 Å². The van der Waals surface area contributed by atoms with Gasteiger partial charge >= 0.3 is 5.97 Å². The third-order valence-electron chi connectivity index (χ3n) is 6.59. The summed E-state index contributed by atoms with van der Waals surface area (Å²) >= 11 is 0. The number of hydrogen-bond donors (Lipinski definition) is 5. The van der Waals surface area contributed by atoms with Crippen LogP contribution < -0.4 is 26.8 Å². The summed E-state index contributed by atoms with van der Waals surface area (Å²) in [6, 6.07) is 25.9. The fourth-order valence-electron chi connectivity index (χ4n) is 4.37. The fraction of sp³-hybridized carbons (Fsp3) is 0.200. The van der Waals surface area contributed by atoms with Crippen molar-refractivity contribution in [3.8, 4) is 16.9 Å². The highest BCUT2D eigenvalue weighted by Gasteiger charge is 2.24. The highest BCUT2D eigenvalue weighted by Crippen LogP contribution is 2.37. The van der Waals surface area contributed by atoms with E-state index in [9.17, 15) is 14.4 Å². The topological polar surface area (TPSA) is 170 Å². The maximum Gasteiger partial charge on any atom is 0.338 e. The van der Waals surface area contributed by atoms with Gasteiger partial charge in [-0.2, -0.15) is 0 Å². The van der Waals surface area contributed by atoms with Crippen LogP contribution in [0.5, 0.6) is 5.75 Å². The number of ether oxygens (including phenoxy) is 2. The van der Waals surface area contributed by atoms with Crippen LogP contribution in [0.4, 0.5) is 5.69 Å². The van der Waals surface area contributed by atoms with Crippen LogP contribution in [0.15, 0.2) is 91.0 Å². The number of amidine groups is 1. The van der Waals surface area contributed by atoms with E-state index in [1.165, 1.54) is 20.2 Å². The monoisotopic (exact) mass is 609 g/mol. The van der Waals surface area contributed by atoms with Crippen molar-refractivity contribution in [2.24, 2.45) is 17.4 Å². The second-order valence-corrected chi connectivity index (χ2v) is 10.3. The molecular weight excluding hydrogens is 570 g/mol. The molecule has 10 heteroatoms. The summed E-state index contributed by atoms with van der Waals surface area (Å²) in [6.45, 7) is 4.66. The van der Waals surface area contributed by atoms with Crippen molar-refractivity contribution in [2.75, 3.05) is 26.0 Å². The smallest absolute Gasteiger partial charge is 0.338 e. The summed E-state index contributed by atoms with van der Waals surface area (Å²) in [5, 5.41) is 13.3. The van der Waals surface area contributed by atoms with E-state index in [1.54, 1.807) is 54.6 Å². The van der Waals surface area contributed by atoms with Crippen LogP contribution in [-0.2, 0) is 11.3 Å². The Bertz CT molecular complexity index is 1640. The number of nitrogen functional groups attached to an aromatic ring is 1. The minimum absolute atomic E-state index is 0.0832. The summed E-state index contributed by atoms with van der Waals surface area (Å²) in [6.07, 6.45) is 0. The van der Waals surface area contributed by atoms with Crippen molar-refractivity contribution >= 4 is 29.3 Å². The Morgan fingerprint density at radius 3 is 2.11 bits per heavy atom. The average Bonchev–Trinajstić information content (AvgIpc) is 3.07. The van der Waals surface area contributed by atoms with Gasteiger partial charge in [0.15, 0.2) is 0 Å². The number of rotatable bonds is 11. The van der Waals surface area contributed by atoms with Gasteiger partial charge in [-0.25, -0.2) is 4.79 Å².